The predicted octanol–water partition coefficient (Wildman–Crippen LogP) is 4.00. The van der Waals surface area contributed by atoms with E-state index in [0.717, 1.165) is 30.5 Å². The van der Waals surface area contributed by atoms with Crippen LogP contribution in [0.5, 0.6) is 0 Å². The number of pyridine rings is 1. The summed E-state index contributed by atoms with van der Waals surface area (Å²) in [6.07, 6.45) is 1.38. The molecule has 178 valence electrons. The molecule has 2 aromatic carbocycles. The van der Waals surface area contributed by atoms with E-state index in [1.165, 1.54) is 18.3 Å². The summed E-state index contributed by atoms with van der Waals surface area (Å²) in [5, 5.41) is 9.83. The fourth-order valence-corrected chi connectivity index (χ4v) is 4.24. The van der Waals surface area contributed by atoms with Crippen molar-refractivity contribution in [3.05, 3.63) is 77.5 Å². The van der Waals surface area contributed by atoms with Gasteiger partial charge in [0, 0.05) is 61.4 Å². The summed E-state index contributed by atoms with van der Waals surface area (Å²) < 4.78 is 27.0. The Morgan fingerprint density at radius 2 is 1.82 bits per heavy atom. The van der Waals surface area contributed by atoms with Crippen LogP contribution in [-0.4, -0.2) is 36.1 Å². The lowest BCUT2D eigenvalue weighted by Crippen LogP contribution is -2.54. The van der Waals surface area contributed by atoms with Gasteiger partial charge in [0.1, 0.15) is 17.5 Å². The van der Waals surface area contributed by atoms with Crippen LogP contribution in [0, 0.1) is 11.6 Å². The van der Waals surface area contributed by atoms with Crippen molar-refractivity contribution in [2.24, 2.45) is 5.73 Å². The van der Waals surface area contributed by atoms with Crippen LogP contribution in [0.15, 0.2) is 54.7 Å². The van der Waals surface area contributed by atoms with E-state index in [1.54, 1.807) is 6.07 Å². The van der Waals surface area contributed by atoms with Gasteiger partial charge in [0.15, 0.2) is 0 Å². The molecule has 7 nitrogen and oxygen atoms in total. The van der Waals surface area contributed by atoms with Crippen molar-refractivity contribution in [1.29, 1.82) is 0 Å². The molecule has 0 radical (unpaired) electrons. The third kappa shape index (κ3) is 5.79. The lowest BCUT2D eigenvalue weighted by atomic mass is 10.1. The number of carbonyl (C=O) groups is 1. The highest BCUT2D eigenvalue weighted by Gasteiger charge is 2.21. The number of nitrogens with zero attached hydrogens (tertiary/aromatic N) is 2. The van der Waals surface area contributed by atoms with E-state index < -0.39 is 17.5 Å². The molecular weight excluding hydrogens is 438 g/mol. The molecule has 4 rings (SSSR count). The van der Waals surface area contributed by atoms with E-state index in [2.05, 4.69) is 51.8 Å². The van der Waals surface area contributed by atoms with Crippen LogP contribution in [-0.2, 0) is 6.54 Å². The predicted molar refractivity (Wildman–Crippen MR) is 130 cm³/mol. The number of nitrogens with one attached hydrogen (secondary N) is 3. The molecule has 0 spiro atoms. The summed E-state index contributed by atoms with van der Waals surface area (Å²) in [5.74, 6) is -1.50. The minimum atomic E-state index is -0.669. The molecular formula is C25H28F2N6O. The Balaban J connectivity index is 1.53. The van der Waals surface area contributed by atoms with Gasteiger partial charge in [-0.2, -0.15) is 0 Å². The number of hydrogen-bond donors (Lipinski definition) is 4. The van der Waals surface area contributed by atoms with Crippen molar-refractivity contribution in [1.82, 2.24) is 10.3 Å². The van der Waals surface area contributed by atoms with E-state index in [0.29, 0.717) is 29.2 Å². The third-order valence-electron chi connectivity index (χ3n) is 5.62. The average Bonchev–Trinajstić information content (AvgIpc) is 2.76. The molecule has 1 aliphatic rings. The van der Waals surface area contributed by atoms with Gasteiger partial charge in [-0.25, -0.2) is 13.8 Å². The standard InChI is InChI=1S/C25H28F2N6O/c1-15-13-33(14-16(2)31-15)21-5-3-4-20(9-21)32-24-10-23(22(12-30-24)25(28)34)29-11-17-6-18(26)8-19(27)7-17/h3-10,12,15-16,31H,11,13-14H2,1-2H3,(H2,28,34)(H2,29,30,32)/t15-,16+. The van der Waals surface area contributed by atoms with E-state index in [-0.39, 0.29) is 12.1 Å². The molecule has 34 heavy (non-hydrogen) atoms. The Hall–Kier alpha value is -3.72. The fraction of sp³-hybridized carbons (Fsp3) is 0.280. The Kier molecular flexibility index (Phi) is 6.93. The second kappa shape index (κ2) is 10.0. The van der Waals surface area contributed by atoms with Crippen molar-refractivity contribution in [3.63, 3.8) is 0 Å². The van der Waals surface area contributed by atoms with Gasteiger partial charge in [-0.15, -0.1) is 0 Å². The zero-order valence-corrected chi connectivity index (χ0v) is 19.1. The molecule has 3 aromatic rings. The number of carbonyl (C=O) groups excluding carboxylic acids is 1. The van der Waals surface area contributed by atoms with Crippen LogP contribution >= 0.6 is 0 Å². The van der Waals surface area contributed by atoms with Crippen molar-refractivity contribution in [2.45, 2.75) is 32.5 Å². The van der Waals surface area contributed by atoms with Crippen molar-refractivity contribution >= 4 is 28.8 Å². The average molecular weight is 467 g/mol. The van der Waals surface area contributed by atoms with Gasteiger partial charge in [0.05, 0.1) is 11.3 Å². The molecule has 0 aliphatic carbocycles. The summed E-state index contributed by atoms with van der Waals surface area (Å²) in [4.78, 5) is 18.5. The number of rotatable bonds is 7. The molecule has 0 bridgehead atoms. The quantitative estimate of drug-likeness (QED) is 0.421. The van der Waals surface area contributed by atoms with Gasteiger partial charge >= 0.3 is 0 Å². The van der Waals surface area contributed by atoms with Gasteiger partial charge in [0.25, 0.3) is 5.91 Å². The lowest BCUT2D eigenvalue weighted by molar-refractivity contribution is 0.100. The molecule has 1 fully saturated rings. The molecule has 5 N–H and O–H groups in total. The van der Waals surface area contributed by atoms with Crippen molar-refractivity contribution < 1.29 is 13.6 Å². The van der Waals surface area contributed by atoms with Crippen molar-refractivity contribution in [3.8, 4) is 0 Å². The normalized spacial score (nSPS) is 17.9. The number of halogens is 2. The van der Waals surface area contributed by atoms with Gasteiger partial charge in [-0.05, 0) is 49.7 Å². The molecule has 9 heteroatoms. The van der Waals surface area contributed by atoms with E-state index >= 15 is 0 Å². The summed E-state index contributed by atoms with van der Waals surface area (Å²) >= 11 is 0. The molecule has 1 aliphatic heterocycles. The van der Waals surface area contributed by atoms with E-state index in [4.69, 9.17) is 5.73 Å². The van der Waals surface area contributed by atoms with E-state index in [1.807, 2.05) is 12.1 Å². The molecule has 1 aromatic heterocycles. The second-order valence-corrected chi connectivity index (χ2v) is 8.66. The first-order valence-corrected chi connectivity index (χ1v) is 11.1. The lowest BCUT2D eigenvalue weighted by Gasteiger charge is -2.37. The topological polar surface area (TPSA) is 95.3 Å². The Labute approximate surface area is 197 Å². The Morgan fingerprint density at radius 1 is 1.12 bits per heavy atom. The number of piperazine rings is 1. The highest BCUT2D eigenvalue weighted by molar-refractivity contribution is 5.98. The maximum atomic E-state index is 13.5. The van der Waals surface area contributed by atoms with Gasteiger partial charge in [-0.1, -0.05) is 6.07 Å². The first kappa shape index (κ1) is 23.4. The monoisotopic (exact) mass is 466 g/mol. The summed E-state index contributed by atoms with van der Waals surface area (Å²) in [6.45, 7) is 6.26. The number of anilines is 4. The zero-order chi connectivity index (χ0) is 24.2. The van der Waals surface area contributed by atoms with Crippen LogP contribution < -0.4 is 26.6 Å². The first-order valence-electron chi connectivity index (χ1n) is 11.1. The minimum Gasteiger partial charge on any atom is -0.380 e. The smallest absolute Gasteiger partial charge is 0.252 e. The number of amides is 1. The number of hydrogen-bond acceptors (Lipinski definition) is 6. The number of benzene rings is 2. The molecule has 0 saturated carbocycles. The highest BCUT2D eigenvalue weighted by Crippen LogP contribution is 2.26. The maximum absolute atomic E-state index is 13.5. The Bertz CT molecular complexity index is 1160. The summed E-state index contributed by atoms with van der Waals surface area (Å²) in [5.41, 5.74) is 8.42. The van der Waals surface area contributed by atoms with E-state index in [9.17, 15) is 13.6 Å². The van der Waals surface area contributed by atoms with Crippen LogP contribution in [0.3, 0.4) is 0 Å². The van der Waals surface area contributed by atoms with Crippen LogP contribution in [0.1, 0.15) is 29.8 Å². The van der Waals surface area contributed by atoms with Crippen LogP contribution in [0.2, 0.25) is 0 Å². The fourth-order valence-electron chi connectivity index (χ4n) is 4.24. The van der Waals surface area contributed by atoms with Crippen LogP contribution in [0.4, 0.5) is 31.7 Å². The minimum absolute atomic E-state index is 0.104. The molecule has 2 heterocycles. The summed E-state index contributed by atoms with van der Waals surface area (Å²) in [6, 6.07) is 13.7. The maximum Gasteiger partial charge on any atom is 0.252 e. The van der Waals surface area contributed by atoms with Gasteiger partial charge < -0.3 is 26.6 Å². The zero-order valence-electron chi connectivity index (χ0n) is 19.1. The first-order chi connectivity index (χ1) is 16.3. The van der Waals surface area contributed by atoms with Crippen molar-refractivity contribution in [2.75, 3.05) is 28.6 Å². The number of aromatic nitrogens is 1. The number of nitrogens with two attached hydrogens (primary N) is 1. The largest absolute Gasteiger partial charge is 0.380 e. The molecule has 2 atom stereocenters. The van der Waals surface area contributed by atoms with Crippen LogP contribution in [0.25, 0.3) is 0 Å². The third-order valence-corrected chi connectivity index (χ3v) is 5.62. The molecule has 1 saturated heterocycles. The van der Waals surface area contributed by atoms with Gasteiger partial charge in [0.2, 0.25) is 0 Å². The summed E-state index contributed by atoms with van der Waals surface area (Å²) in [7, 11) is 0. The highest BCUT2D eigenvalue weighted by atomic mass is 19.1. The number of primary amides is 1. The molecule has 0 unspecified atom stereocenters. The van der Waals surface area contributed by atoms with Gasteiger partial charge in [-0.3, -0.25) is 4.79 Å². The molecule has 1 amide bonds. The Morgan fingerprint density at radius 3 is 2.50 bits per heavy atom. The SMILES string of the molecule is C[C@@H]1CN(c2cccc(Nc3cc(NCc4cc(F)cc(F)c4)c(C(N)=O)cn3)c2)C[C@H](C)N1. The second-order valence-electron chi connectivity index (χ2n) is 8.66.